The first-order chi connectivity index (χ1) is 9.22. The number of carbonyl (C=O) groups excluding carboxylic acids is 1. The Balaban J connectivity index is 2.82. The summed E-state index contributed by atoms with van der Waals surface area (Å²) in [5.74, 6) is 0.315. The monoisotopic (exact) mass is 284 g/mol. The lowest BCUT2D eigenvalue weighted by Crippen LogP contribution is -2.50. The summed E-state index contributed by atoms with van der Waals surface area (Å²) in [7, 11) is 1.55. The lowest BCUT2D eigenvalue weighted by molar-refractivity contribution is 0.0718. The molecule has 0 aromatic carbocycles. The number of ether oxygens (including phenoxy) is 1. The molecule has 6 nitrogen and oxygen atoms in total. The number of nitrogens with one attached hydrogen (secondary N) is 1. The number of rotatable bonds is 6. The van der Waals surface area contributed by atoms with Crippen molar-refractivity contribution in [2.45, 2.75) is 45.1 Å². The van der Waals surface area contributed by atoms with Gasteiger partial charge in [-0.25, -0.2) is 0 Å². The standard InChI is InChI=1S/C14H24N2O4/c1-13(2,3)11-8-10(16-20-11)12(18)15-14(4,6-7-17)9-19-5/h8,17H,6-7,9H2,1-5H3,(H,15,18). The molecule has 1 unspecified atom stereocenters. The van der Waals surface area contributed by atoms with Crippen LogP contribution in [0.4, 0.5) is 0 Å². The molecule has 1 atom stereocenters. The van der Waals surface area contributed by atoms with E-state index in [2.05, 4.69) is 10.5 Å². The largest absolute Gasteiger partial charge is 0.396 e. The molecule has 20 heavy (non-hydrogen) atoms. The molecule has 114 valence electrons. The predicted molar refractivity (Wildman–Crippen MR) is 74.7 cm³/mol. The van der Waals surface area contributed by atoms with Crippen molar-refractivity contribution in [2.24, 2.45) is 0 Å². The Bertz CT molecular complexity index is 442. The van der Waals surface area contributed by atoms with E-state index in [1.165, 1.54) is 0 Å². The lowest BCUT2D eigenvalue weighted by atomic mass is 9.93. The van der Waals surface area contributed by atoms with Gasteiger partial charge in [0.25, 0.3) is 5.91 Å². The van der Waals surface area contributed by atoms with Crippen LogP contribution in [-0.2, 0) is 10.2 Å². The normalized spacial score (nSPS) is 14.9. The Kier molecular flexibility index (Phi) is 5.30. The molecule has 0 saturated heterocycles. The van der Waals surface area contributed by atoms with Gasteiger partial charge in [-0.15, -0.1) is 0 Å². The summed E-state index contributed by atoms with van der Waals surface area (Å²) in [5.41, 5.74) is -0.608. The number of hydrogen-bond donors (Lipinski definition) is 2. The van der Waals surface area contributed by atoms with Gasteiger partial charge in [0.15, 0.2) is 5.69 Å². The molecule has 0 radical (unpaired) electrons. The Morgan fingerprint density at radius 3 is 2.55 bits per heavy atom. The fraction of sp³-hybridized carbons (Fsp3) is 0.714. The van der Waals surface area contributed by atoms with Crippen LogP contribution in [0.3, 0.4) is 0 Å². The van der Waals surface area contributed by atoms with Crippen LogP contribution in [0.5, 0.6) is 0 Å². The molecule has 1 aromatic rings. The second kappa shape index (κ2) is 6.37. The van der Waals surface area contributed by atoms with Gasteiger partial charge in [-0.05, 0) is 13.3 Å². The maximum atomic E-state index is 12.2. The molecule has 1 amide bonds. The Morgan fingerprint density at radius 1 is 1.45 bits per heavy atom. The van der Waals surface area contributed by atoms with Gasteiger partial charge in [-0.3, -0.25) is 4.79 Å². The van der Waals surface area contributed by atoms with Crippen molar-refractivity contribution < 1.29 is 19.2 Å². The quantitative estimate of drug-likeness (QED) is 0.826. The van der Waals surface area contributed by atoms with E-state index in [0.29, 0.717) is 18.8 Å². The van der Waals surface area contributed by atoms with Gasteiger partial charge < -0.3 is 19.7 Å². The first kappa shape index (κ1) is 16.7. The molecule has 0 fully saturated rings. The van der Waals surface area contributed by atoms with Crippen molar-refractivity contribution in [3.8, 4) is 0 Å². The average Bonchev–Trinajstić information content (AvgIpc) is 2.77. The van der Waals surface area contributed by atoms with Gasteiger partial charge in [0, 0.05) is 25.2 Å². The van der Waals surface area contributed by atoms with Crippen molar-refractivity contribution in [3.05, 3.63) is 17.5 Å². The second-order valence-corrected chi connectivity index (χ2v) is 6.25. The summed E-state index contributed by atoms with van der Waals surface area (Å²) in [6.07, 6.45) is 0.399. The zero-order valence-corrected chi connectivity index (χ0v) is 12.8. The number of aromatic nitrogens is 1. The van der Waals surface area contributed by atoms with Crippen molar-refractivity contribution in [3.63, 3.8) is 0 Å². The molecule has 1 rings (SSSR count). The molecule has 0 saturated carbocycles. The summed E-state index contributed by atoms with van der Waals surface area (Å²) in [6.45, 7) is 8.03. The highest BCUT2D eigenvalue weighted by Gasteiger charge is 2.29. The number of methoxy groups -OCH3 is 1. The van der Waals surface area contributed by atoms with Crippen LogP contribution in [0, 0.1) is 0 Å². The molecular formula is C14H24N2O4. The van der Waals surface area contributed by atoms with Crippen LogP contribution in [0.15, 0.2) is 10.6 Å². The highest BCUT2D eigenvalue weighted by Crippen LogP contribution is 2.23. The number of nitrogens with zero attached hydrogens (tertiary/aromatic N) is 1. The number of aliphatic hydroxyl groups is 1. The summed E-state index contributed by atoms with van der Waals surface area (Å²) in [4.78, 5) is 12.2. The topological polar surface area (TPSA) is 84.6 Å². The number of amides is 1. The van der Waals surface area contributed by atoms with Gasteiger partial charge in [-0.2, -0.15) is 0 Å². The van der Waals surface area contributed by atoms with E-state index in [9.17, 15) is 4.79 Å². The van der Waals surface area contributed by atoms with Crippen LogP contribution in [0.1, 0.15) is 50.4 Å². The fourth-order valence-corrected chi connectivity index (χ4v) is 1.81. The minimum atomic E-state index is -0.637. The highest BCUT2D eigenvalue weighted by atomic mass is 16.5. The van der Waals surface area contributed by atoms with Crippen LogP contribution in [0.25, 0.3) is 0 Å². The molecule has 0 bridgehead atoms. The lowest BCUT2D eigenvalue weighted by Gasteiger charge is -2.28. The van der Waals surface area contributed by atoms with Crippen LogP contribution in [0.2, 0.25) is 0 Å². The average molecular weight is 284 g/mol. The molecule has 0 spiro atoms. The van der Waals surface area contributed by atoms with Crippen molar-refractivity contribution in [2.75, 3.05) is 20.3 Å². The third-order valence-electron chi connectivity index (χ3n) is 3.02. The third kappa shape index (κ3) is 4.31. The zero-order chi connectivity index (χ0) is 15.4. The van der Waals surface area contributed by atoms with Gasteiger partial charge in [0.2, 0.25) is 0 Å². The van der Waals surface area contributed by atoms with Gasteiger partial charge >= 0.3 is 0 Å². The van der Waals surface area contributed by atoms with Crippen molar-refractivity contribution >= 4 is 5.91 Å². The second-order valence-electron chi connectivity index (χ2n) is 6.25. The first-order valence-corrected chi connectivity index (χ1v) is 6.61. The molecule has 1 heterocycles. The van der Waals surface area contributed by atoms with E-state index in [1.807, 2.05) is 27.7 Å². The number of hydrogen-bond acceptors (Lipinski definition) is 5. The molecule has 0 aliphatic carbocycles. The molecule has 0 aliphatic heterocycles. The van der Waals surface area contributed by atoms with E-state index in [0.717, 1.165) is 0 Å². The van der Waals surface area contributed by atoms with E-state index < -0.39 is 5.54 Å². The van der Waals surface area contributed by atoms with E-state index in [-0.39, 0.29) is 23.6 Å². The van der Waals surface area contributed by atoms with Gasteiger partial charge in [0.1, 0.15) is 5.76 Å². The molecular weight excluding hydrogens is 260 g/mol. The Hall–Kier alpha value is -1.40. The van der Waals surface area contributed by atoms with Crippen LogP contribution in [-0.4, -0.2) is 42.0 Å². The van der Waals surface area contributed by atoms with Crippen LogP contribution >= 0.6 is 0 Å². The highest BCUT2D eigenvalue weighted by molar-refractivity contribution is 5.92. The maximum absolute atomic E-state index is 12.2. The van der Waals surface area contributed by atoms with Crippen molar-refractivity contribution in [1.29, 1.82) is 0 Å². The van der Waals surface area contributed by atoms with Gasteiger partial charge in [-0.1, -0.05) is 25.9 Å². The number of aliphatic hydroxyl groups excluding tert-OH is 1. The van der Waals surface area contributed by atoms with Gasteiger partial charge in [0.05, 0.1) is 12.1 Å². The van der Waals surface area contributed by atoms with E-state index >= 15 is 0 Å². The minimum absolute atomic E-state index is 0.0355. The molecule has 2 N–H and O–H groups in total. The smallest absolute Gasteiger partial charge is 0.273 e. The van der Waals surface area contributed by atoms with Crippen molar-refractivity contribution in [1.82, 2.24) is 10.5 Å². The molecule has 6 heteroatoms. The predicted octanol–water partition coefficient (Wildman–Crippen LogP) is 1.49. The first-order valence-electron chi connectivity index (χ1n) is 6.61. The summed E-state index contributed by atoms with van der Waals surface area (Å²) >= 11 is 0. The Morgan fingerprint density at radius 2 is 2.10 bits per heavy atom. The summed E-state index contributed by atoms with van der Waals surface area (Å²) in [6, 6.07) is 1.64. The minimum Gasteiger partial charge on any atom is -0.396 e. The summed E-state index contributed by atoms with van der Waals surface area (Å²) < 4.78 is 10.3. The summed E-state index contributed by atoms with van der Waals surface area (Å²) in [5, 5.41) is 15.7. The third-order valence-corrected chi connectivity index (χ3v) is 3.02. The molecule has 0 aliphatic rings. The van der Waals surface area contributed by atoms with Crippen LogP contribution < -0.4 is 5.32 Å². The SMILES string of the molecule is COCC(C)(CCO)NC(=O)c1cc(C(C)(C)C)on1. The number of carbonyl (C=O) groups is 1. The fourth-order valence-electron chi connectivity index (χ4n) is 1.81. The Labute approximate surface area is 119 Å². The van der Waals surface area contributed by atoms with E-state index in [4.69, 9.17) is 14.4 Å². The molecule has 1 aromatic heterocycles. The van der Waals surface area contributed by atoms with E-state index in [1.54, 1.807) is 13.2 Å². The maximum Gasteiger partial charge on any atom is 0.273 e. The zero-order valence-electron chi connectivity index (χ0n) is 12.8.